The number of hydrogen-bond donors (Lipinski definition) is 1. The van der Waals surface area contributed by atoms with E-state index in [9.17, 15) is 4.79 Å². The molecule has 26 heavy (non-hydrogen) atoms. The van der Waals surface area contributed by atoms with E-state index in [1.165, 1.54) is 6.33 Å². The monoisotopic (exact) mass is 354 g/mol. The average molecular weight is 354 g/mol. The smallest absolute Gasteiger partial charge is 0.258 e. The molecule has 7 nitrogen and oxygen atoms in total. The summed E-state index contributed by atoms with van der Waals surface area (Å²) in [5.41, 5.74) is 3.51. The molecule has 0 unspecified atom stereocenters. The first-order valence-corrected chi connectivity index (χ1v) is 8.32. The van der Waals surface area contributed by atoms with E-state index < -0.39 is 0 Å². The molecular formula is C19H22N4O3. The van der Waals surface area contributed by atoms with Gasteiger partial charge in [-0.2, -0.15) is 0 Å². The highest BCUT2D eigenvalue weighted by molar-refractivity contribution is 5.84. The molecule has 0 aliphatic carbocycles. The molecule has 0 aliphatic rings. The third-order valence-electron chi connectivity index (χ3n) is 4.21. The third-order valence-corrected chi connectivity index (χ3v) is 4.21. The number of aryl methyl sites for hydroxylation is 2. The maximum Gasteiger partial charge on any atom is 0.258 e. The number of rotatable bonds is 6. The lowest BCUT2D eigenvalue weighted by Crippen LogP contribution is -2.28. The van der Waals surface area contributed by atoms with E-state index in [4.69, 9.17) is 9.15 Å². The van der Waals surface area contributed by atoms with Crippen LogP contribution in [0.2, 0.25) is 0 Å². The van der Waals surface area contributed by atoms with Crippen molar-refractivity contribution in [1.82, 2.24) is 15.3 Å². The number of furan rings is 1. The molecule has 3 rings (SSSR count). The van der Waals surface area contributed by atoms with Gasteiger partial charge in [-0.05, 0) is 31.5 Å². The van der Waals surface area contributed by atoms with Gasteiger partial charge in [-0.15, -0.1) is 0 Å². The van der Waals surface area contributed by atoms with Gasteiger partial charge in [-0.3, -0.25) is 4.79 Å². The summed E-state index contributed by atoms with van der Waals surface area (Å²) in [5, 5.41) is 3.55. The number of nitrogens with one attached hydrogen (secondary N) is 1. The fraction of sp³-hybridized carbons (Fsp3) is 0.316. The Labute approximate surface area is 152 Å². The van der Waals surface area contributed by atoms with E-state index >= 15 is 0 Å². The zero-order valence-electron chi connectivity index (χ0n) is 15.4. The van der Waals surface area contributed by atoms with Crippen molar-refractivity contribution in [2.45, 2.75) is 20.4 Å². The van der Waals surface area contributed by atoms with Crippen LogP contribution >= 0.6 is 0 Å². The Morgan fingerprint density at radius 1 is 1.19 bits per heavy atom. The molecule has 2 heterocycles. The van der Waals surface area contributed by atoms with Crippen LogP contribution < -0.4 is 15.0 Å². The number of amides is 1. The van der Waals surface area contributed by atoms with E-state index in [0.717, 1.165) is 22.6 Å². The topological polar surface area (TPSA) is 80.5 Å². The first kappa shape index (κ1) is 17.7. The molecule has 0 spiro atoms. The number of hydrogen-bond acceptors (Lipinski definition) is 6. The molecule has 7 heteroatoms. The van der Waals surface area contributed by atoms with E-state index in [0.29, 0.717) is 23.5 Å². The molecule has 1 aromatic carbocycles. The summed E-state index contributed by atoms with van der Waals surface area (Å²) in [6, 6.07) is 8.00. The van der Waals surface area contributed by atoms with E-state index in [1.807, 2.05) is 57.1 Å². The Kier molecular flexibility index (Phi) is 5.06. The second-order valence-electron chi connectivity index (χ2n) is 6.27. The van der Waals surface area contributed by atoms with Crippen LogP contribution in [0.25, 0.3) is 11.1 Å². The van der Waals surface area contributed by atoms with Crippen LogP contribution in [-0.2, 0) is 11.3 Å². The second-order valence-corrected chi connectivity index (χ2v) is 6.27. The summed E-state index contributed by atoms with van der Waals surface area (Å²) < 4.78 is 11.1. The fourth-order valence-corrected chi connectivity index (χ4v) is 2.56. The van der Waals surface area contributed by atoms with Crippen molar-refractivity contribution in [3.63, 3.8) is 0 Å². The molecule has 1 amide bonds. The molecule has 0 bridgehead atoms. The number of anilines is 1. The number of carbonyl (C=O) groups excluding carboxylic acids is 1. The predicted molar refractivity (Wildman–Crippen MR) is 99.4 cm³/mol. The van der Waals surface area contributed by atoms with Crippen LogP contribution in [0.4, 0.5) is 5.69 Å². The number of benzene rings is 1. The van der Waals surface area contributed by atoms with Crippen LogP contribution in [0.5, 0.6) is 5.88 Å². The summed E-state index contributed by atoms with van der Waals surface area (Å²) in [7, 11) is 3.98. The molecule has 1 N–H and O–H groups in total. The first-order valence-electron chi connectivity index (χ1n) is 8.32. The molecule has 0 aliphatic heterocycles. The van der Waals surface area contributed by atoms with Gasteiger partial charge in [-0.25, -0.2) is 9.97 Å². The minimum absolute atomic E-state index is 0.119. The summed E-state index contributed by atoms with van der Waals surface area (Å²) in [6.45, 7) is 4.09. The van der Waals surface area contributed by atoms with Crippen LogP contribution in [0.3, 0.4) is 0 Å². The van der Waals surface area contributed by atoms with Crippen molar-refractivity contribution >= 4 is 22.7 Å². The van der Waals surface area contributed by atoms with Crippen molar-refractivity contribution in [1.29, 1.82) is 0 Å². The molecule has 136 valence electrons. The molecule has 0 radical (unpaired) electrons. The third kappa shape index (κ3) is 3.77. The highest BCUT2D eigenvalue weighted by atomic mass is 16.5. The van der Waals surface area contributed by atoms with Crippen molar-refractivity contribution < 1.29 is 13.9 Å². The van der Waals surface area contributed by atoms with Gasteiger partial charge < -0.3 is 19.4 Å². The van der Waals surface area contributed by atoms with E-state index in [1.54, 1.807) is 0 Å². The van der Waals surface area contributed by atoms with Crippen molar-refractivity contribution in [2.75, 3.05) is 25.6 Å². The normalized spacial score (nSPS) is 10.8. The standard InChI is InChI=1S/C19H22N4O3/c1-12-13(2)26-19-17(12)18(21-11-22-19)25-10-16(24)20-9-14-5-7-15(8-6-14)23(3)4/h5-8,11H,9-10H2,1-4H3,(H,20,24). The van der Waals surface area contributed by atoms with Gasteiger partial charge in [0.2, 0.25) is 11.6 Å². The summed E-state index contributed by atoms with van der Waals surface area (Å²) in [6.07, 6.45) is 1.37. The summed E-state index contributed by atoms with van der Waals surface area (Å²) >= 11 is 0. The number of aromatic nitrogens is 2. The highest BCUT2D eigenvalue weighted by Crippen LogP contribution is 2.29. The SMILES string of the molecule is Cc1oc2ncnc(OCC(=O)NCc3ccc(N(C)C)cc3)c2c1C. The quantitative estimate of drug-likeness (QED) is 0.733. The lowest BCUT2D eigenvalue weighted by molar-refractivity contribution is -0.123. The van der Waals surface area contributed by atoms with E-state index in [2.05, 4.69) is 15.3 Å². The van der Waals surface area contributed by atoms with Crippen LogP contribution in [0, 0.1) is 13.8 Å². The van der Waals surface area contributed by atoms with Gasteiger partial charge in [0.15, 0.2) is 6.61 Å². The van der Waals surface area contributed by atoms with E-state index in [-0.39, 0.29) is 12.5 Å². The Morgan fingerprint density at radius 3 is 2.62 bits per heavy atom. The maximum atomic E-state index is 12.1. The van der Waals surface area contributed by atoms with Crippen LogP contribution in [-0.4, -0.2) is 36.6 Å². The molecular weight excluding hydrogens is 332 g/mol. The molecule has 0 saturated carbocycles. The molecule has 0 fully saturated rings. The Morgan fingerprint density at radius 2 is 1.92 bits per heavy atom. The predicted octanol–water partition coefficient (Wildman–Crippen LogP) is 2.60. The summed E-state index contributed by atoms with van der Waals surface area (Å²) in [4.78, 5) is 22.3. The zero-order chi connectivity index (χ0) is 18.7. The van der Waals surface area contributed by atoms with Crippen LogP contribution in [0.1, 0.15) is 16.9 Å². The van der Waals surface area contributed by atoms with Gasteiger partial charge >= 0.3 is 0 Å². The lowest BCUT2D eigenvalue weighted by atomic mass is 10.2. The van der Waals surface area contributed by atoms with Gasteiger partial charge in [0.25, 0.3) is 5.91 Å². The minimum Gasteiger partial charge on any atom is -0.467 e. The second kappa shape index (κ2) is 7.43. The lowest BCUT2D eigenvalue weighted by Gasteiger charge is -2.13. The number of nitrogens with zero attached hydrogens (tertiary/aromatic N) is 3. The van der Waals surface area contributed by atoms with Gasteiger partial charge in [0.1, 0.15) is 17.5 Å². The van der Waals surface area contributed by atoms with Crippen LogP contribution in [0.15, 0.2) is 35.0 Å². The Balaban J connectivity index is 1.58. The fourth-order valence-electron chi connectivity index (χ4n) is 2.56. The Bertz CT molecular complexity index is 916. The molecule has 2 aromatic heterocycles. The zero-order valence-corrected chi connectivity index (χ0v) is 15.4. The largest absolute Gasteiger partial charge is 0.467 e. The first-order chi connectivity index (χ1) is 12.5. The molecule has 3 aromatic rings. The molecule has 0 atom stereocenters. The van der Waals surface area contributed by atoms with Gasteiger partial charge in [0.05, 0.1) is 0 Å². The number of ether oxygens (including phenoxy) is 1. The highest BCUT2D eigenvalue weighted by Gasteiger charge is 2.15. The average Bonchev–Trinajstić information content (AvgIpc) is 2.93. The minimum atomic E-state index is -0.216. The maximum absolute atomic E-state index is 12.1. The molecule has 0 saturated heterocycles. The van der Waals surface area contributed by atoms with Crippen molar-refractivity contribution in [3.8, 4) is 5.88 Å². The van der Waals surface area contributed by atoms with Gasteiger partial charge in [-0.1, -0.05) is 12.1 Å². The summed E-state index contributed by atoms with van der Waals surface area (Å²) in [5.74, 6) is 0.900. The Hall–Kier alpha value is -3.09. The van der Waals surface area contributed by atoms with Crippen molar-refractivity contribution in [2.24, 2.45) is 0 Å². The van der Waals surface area contributed by atoms with Gasteiger partial charge in [0, 0.05) is 31.9 Å². The number of carbonyl (C=O) groups is 1. The number of fused-ring (bicyclic) bond motifs is 1. The van der Waals surface area contributed by atoms with Crippen molar-refractivity contribution in [3.05, 3.63) is 47.5 Å².